The van der Waals surface area contributed by atoms with Gasteiger partial charge >= 0.3 is 5.97 Å². The lowest BCUT2D eigenvalue weighted by molar-refractivity contribution is -0.151. The fourth-order valence-electron chi connectivity index (χ4n) is 1.53. The van der Waals surface area contributed by atoms with Crippen LogP contribution in [0.15, 0.2) is 0 Å². The number of carbonyl (C=O) groups is 1. The number of methoxy groups -OCH3 is 1. The van der Waals surface area contributed by atoms with Gasteiger partial charge < -0.3 is 14.6 Å². The third kappa shape index (κ3) is 3.32. The zero-order valence-electron chi connectivity index (χ0n) is 7.86. The standard InChI is InChI=1S/C9H16O4/c1-12-9(11)8(10)6-7-2-4-13-5-3-7/h7-8,10H,2-6H2,1H3. The molecule has 76 valence electrons. The zero-order valence-corrected chi connectivity index (χ0v) is 7.86. The van der Waals surface area contributed by atoms with E-state index in [1.807, 2.05) is 0 Å². The lowest BCUT2D eigenvalue weighted by Gasteiger charge is -2.23. The first-order valence-electron chi connectivity index (χ1n) is 4.57. The van der Waals surface area contributed by atoms with Crippen molar-refractivity contribution in [2.24, 2.45) is 5.92 Å². The molecule has 0 saturated carbocycles. The molecule has 1 rings (SSSR count). The van der Waals surface area contributed by atoms with Gasteiger partial charge in [-0.2, -0.15) is 0 Å². The summed E-state index contributed by atoms with van der Waals surface area (Å²) in [4.78, 5) is 10.9. The average Bonchev–Trinajstić information content (AvgIpc) is 2.18. The average molecular weight is 188 g/mol. The maximum atomic E-state index is 10.9. The highest BCUT2D eigenvalue weighted by Crippen LogP contribution is 2.20. The van der Waals surface area contributed by atoms with Gasteiger partial charge in [-0.15, -0.1) is 0 Å². The second-order valence-electron chi connectivity index (χ2n) is 3.33. The van der Waals surface area contributed by atoms with Crippen molar-refractivity contribution in [1.29, 1.82) is 0 Å². The molecule has 0 aromatic heterocycles. The van der Waals surface area contributed by atoms with E-state index in [2.05, 4.69) is 4.74 Å². The summed E-state index contributed by atoms with van der Waals surface area (Å²) < 4.78 is 9.60. The lowest BCUT2D eigenvalue weighted by Crippen LogP contribution is -2.27. The number of hydrogen-bond donors (Lipinski definition) is 1. The molecule has 13 heavy (non-hydrogen) atoms. The van der Waals surface area contributed by atoms with Crippen molar-refractivity contribution in [1.82, 2.24) is 0 Å². The minimum Gasteiger partial charge on any atom is -0.467 e. The normalized spacial score (nSPS) is 21.1. The summed E-state index contributed by atoms with van der Waals surface area (Å²) in [5, 5.41) is 9.35. The quantitative estimate of drug-likeness (QED) is 0.649. The highest BCUT2D eigenvalue weighted by Gasteiger charge is 2.22. The predicted molar refractivity (Wildman–Crippen MR) is 46.2 cm³/mol. The van der Waals surface area contributed by atoms with Crippen molar-refractivity contribution < 1.29 is 19.4 Å². The Labute approximate surface area is 77.8 Å². The van der Waals surface area contributed by atoms with Crippen LogP contribution in [0.25, 0.3) is 0 Å². The maximum Gasteiger partial charge on any atom is 0.334 e. The van der Waals surface area contributed by atoms with Gasteiger partial charge in [0.05, 0.1) is 7.11 Å². The van der Waals surface area contributed by atoms with E-state index in [4.69, 9.17) is 4.74 Å². The summed E-state index contributed by atoms with van der Waals surface area (Å²) >= 11 is 0. The van der Waals surface area contributed by atoms with E-state index in [-0.39, 0.29) is 0 Å². The van der Waals surface area contributed by atoms with Crippen LogP contribution in [-0.4, -0.2) is 37.5 Å². The number of aliphatic hydroxyl groups excluding tert-OH is 1. The highest BCUT2D eigenvalue weighted by atomic mass is 16.5. The monoisotopic (exact) mass is 188 g/mol. The molecule has 0 amide bonds. The predicted octanol–water partition coefficient (Wildman–Crippen LogP) is 0.337. The Kier molecular flexibility index (Phi) is 4.18. The number of ether oxygens (including phenoxy) is 2. The Morgan fingerprint density at radius 1 is 1.62 bits per heavy atom. The van der Waals surface area contributed by atoms with Gasteiger partial charge in [0.25, 0.3) is 0 Å². The maximum absolute atomic E-state index is 10.9. The van der Waals surface area contributed by atoms with Crippen LogP contribution < -0.4 is 0 Å². The van der Waals surface area contributed by atoms with Gasteiger partial charge in [-0.1, -0.05) is 0 Å². The second-order valence-corrected chi connectivity index (χ2v) is 3.33. The molecule has 1 N–H and O–H groups in total. The topological polar surface area (TPSA) is 55.8 Å². The van der Waals surface area contributed by atoms with Crippen molar-refractivity contribution in [2.45, 2.75) is 25.4 Å². The van der Waals surface area contributed by atoms with Crippen molar-refractivity contribution in [3.8, 4) is 0 Å². The Morgan fingerprint density at radius 2 is 2.23 bits per heavy atom. The van der Waals surface area contributed by atoms with Gasteiger partial charge in [-0.25, -0.2) is 4.79 Å². The number of hydrogen-bond acceptors (Lipinski definition) is 4. The molecule has 1 saturated heterocycles. The van der Waals surface area contributed by atoms with Gasteiger partial charge in [0.1, 0.15) is 0 Å². The Bertz CT molecular complexity index is 163. The summed E-state index contributed by atoms with van der Waals surface area (Å²) in [7, 11) is 1.29. The van der Waals surface area contributed by atoms with Crippen LogP contribution in [0, 0.1) is 5.92 Å². The van der Waals surface area contributed by atoms with Crippen molar-refractivity contribution in [2.75, 3.05) is 20.3 Å². The molecule has 4 heteroatoms. The molecule has 1 aliphatic rings. The molecule has 1 fully saturated rings. The second kappa shape index (κ2) is 5.19. The van der Waals surface area contributed by atoms with Crippen molar-refractivity contribution in [3.05, 3.63) is 0 Å². The summed E-state index contributed by atoms with van der Waals surface area (Å²) in [6, 6.07) is 0. The Hall–Kier alpha value is -0.610. The van der Waals surface area contributed by atoms with Crippen LogP contribution in [0.4, 0.5) is 0 Å². The summed E-state index contributed by atoms with van der Waals surface area (Å²) in [5.74, 6) is -0.144. The van der Waals surface area contributed by atoms with Gasteiger partial charge in [0.2, 0.25) is 0 Å². The molecule has 0 aromatic carbocycles. The molecule has 0 aromatic rings. The molecule has 0 bridgehead atoms. The zero-order chi connectivity index (χ0) is 9.68. The van der Waals surface area contributed by atoms with Crippen LogP contribution in [0.3, 0.4) is 0 Å². The van der Waals surface area contributed by atoms with Gasteiger partial charge in [-0.05, 0) is 25.2 Å². The summed E-state index contributed by atoms with van der Waals surface area (Å²) in [6.07, 6.45) is 1.38. The van der Waals surface area contributed by atoms with Crippen LogP contribution in [0.5, 0.6) is 0 Å². The number of aliphatic hydroxyl groups is 1. The third-order valence-electron chi connectivity index (χ3n) is 2.37. The summed E-state index contributed by atoms with van der Waals surface area (Å²) in [6.45, 7) is 1.47. The van der Waals surface area contributed by atoms with E-state index in [9.17, 15) is 9.90 Å². The molecule has 1 aliphatic heterocycles. The van der Waals surface area contributed by atoms with E-state index in [0.29, 0.717) is 12.3 Å². The molecule has 0 radical (unpaired) electrons. The first-order chi connectivity index (χ1) is 6.24. The van der Waals surface area contributed by atoms with Crippen LogP contribution in [-0.2, 0) is 14.3 Å². The Balaban J connectivity index is 2.25. The van der Waals surface area contributed by atoms with E-state index in [1.54, 1.807) is 0 Å². The molecular formula is C9H16O4. The minimum atomic E-state index is -0.965. The first kappa shape index (κ1) is 10.5. The SMILES string of the molecule is COC(=O)C(O)CC1CCOCC1. The number of carbonyl (C=O) groups excluding carboxylic acids is 1. The molecule has 0 aliphatic carbocycles. The van der Waals surface area contributed by atoms with Crippen molar-refractivity contribution >= 4 is 5.97 Å². The van der Waals surface area contributed by atoms with Crippen LogP contribution in [0.2, 0.25) is 0 Å². The molecule has 1 unspecified atom stereocenters. The van der Waals surface area contributed by atoms with E-state index in [0.717, 1.165) is 26.1 Å². The number of esters is 1. The molecule has 1 heterocycles. The third-order valence-corrected chi connectivity index (χ3v) is 2.37. The molecule has 1 atom stereocenters. The van der Waals surface area contributed by atoms with Crippen LogP contribution in [0.1, 0.15) is 19.3 Å². The molecule has 0 spiro atoms. The van der Waals surface area contributed by atoms with E-state index >= 15 is 0 Å². The van der Waals surface area contributed by atoms with E-state index < -0.39 is 12.1 Å². The smallest absolute Gasteiger partial charge is 0.334 e. The highest BCUT2D eigenvalue weighted by molar-refractivity contribution is 5.74. The van der Waals surface area contributed by atoms with Gasteiger partial charge in [0.15, 0.2) is 6.10 Å². The summed E-state index contributed by atoms with van der Waals surface area (Å²) in [5.41, 5.74) is 0. The van der Waals surface area contributed by atoms with Gasteiger partial charge in [0, 0.05) is 13.2 Å². The minimum absolute atomic E-state index is 0.392. The number of rotatable bonds is 3. The van der Waals surface area contributed by atoms with Crippen LogP contribution >= 0.6 is 0 Å². The fraction of sp³-hybridized carbons (Fsp3) is 0.889. The molecular weight excluding hydrogens is 172 g/mol. The van der Waals surface area contributed by atoms with E-state index in [1.165, 1.54) is 7.11 Å². The van der Waals surface area contributed by atoms with Gasteiger partial charge in [-0.3, -0.25) is 0 Å². The molecule has 4 nitrogen and oxygen atoms in total. The lowest BCUT2D eigenvalue weighted by atomic mass is 9.94. The fourth-order valence-corrected chi connectivity index (χ4v) is 1.53. The Morgan fingerprint density at radius 3 is 2.77 bits per heavy atom. The van der Waals surface area contributed by atoms with Crippen molar-refractivity contribution in [3.63, 3.8) is 0 Å². The largest absolute Gasteiger partial charge is 0.467 e. The first-order valence-corrected chi connectivity index (χ1v) is 4.57.